The average Bonchev–Trinajstić information content (AvgIpc) is 3.71. The maximum absolute atomic E-state index is 12.3. The summed E-state index contributed by atoms with van der Waals surface area (Å²) >= 11 is 7.97. The van der Waals surface area contributed by atoms with Crippen LogP contribution >= 0.6 is 22.9 Å². The summed E-state index contributed by atoms with van der Waals surface area (Å²) in [5.41, 5.74) is 0.761. The van der Waals surface area contributed by atoms with Gasteiger partial charge in [-0.05, 0) is 43.2 Å². The topological polar surface area (TPSA) is 102 Å². The van der Waals surface area contributed by atoms with Crippen molar-refractivity contribution >= 4 is 50.8 Å². The molecule has 6 rings (SSSR count). The van der Waals surface area contributed by atoms with E-state index in [0.29, 0.717) is 35.4 Å². The van der Waals surface area contributed by atoms with E-state index in [1.54, 1.807) is 29.3 Å². The van der Waals surface area contributed by atoms with Crippen LogP contribution in [0.15, 0.2) is 55.0 Å². The largest absolute Gasteiger partial charge is 0.445 e. The lowest BCUT2D eigenvalue weighted by Gasteiger charge is -2.18. The van der Waals surface area contributed by atoms with Gasteiger partial charge >= 0.3 is 6.09 Å². The van der Waals surface area contributed by atoms with Gasteiger partial charge in [0.25, 0.3) is 0 Å². The second kappa shape index (κ2) is 11.5. The molecule has 2 atom stereocenters. The number of pyridine rings is 1. The minimum atomic E-state index is -0.215. The molecule has 0 bridgehead atoms. The van der Waals surface area contributed by atoms with Gasteiger partial charge in [-0.2, -0.15) is 0 Å². The van der Waals surface area contributed by atoms with Crippen molar-refractivity contribution in [2.24, 2.45) is 0 Å². The predicted octanol–water partition coefficient (Wildman–Crippen LogP) is 5.59. The summed E-state index contributed by atoms with van der Waals surface area (Å²) in [6, 6.07) is 12.8. The van der Waals surface area contributed by atoms with Gasteiger partial charge in [0, 0.05) is 44.0 Å². The van der Waals surface area contributed by atoms with Gasteiger partial charge in [-0.25, -0.2) is 19.7 Å². The Bertz CT molecular complexity index is 1550. The Labute approximate surface area is 234 Å². The second-order valence-electron chi connectivity index (χ2n) is 9.26. The van der Waals surface area contributed by atoms with Crippen LogP contribution in [0.5, 0.6) is 11.6 Å². The first-order valence-corrected chi connectivity index (χ1v) is 13.9. The van der Waals surface area contributed by atoms with E-state index in [-0.39, 0.29) is 18.2 Å². The number of carbonyl (C=O) groups is 1. The highest BCUT2D eigenvalue weighted by atomic mass is 35.5. The maximum Gasteiger partial charge on any atom is 0.410 e. The first-order valence-electron chi connectivity index (χ1n) is 12.7. The van der Waals surface area contributed by atoms with E-state index >= 15 is 0 Å². The van der Waals surface area contributed by atoms with Crippen molar-refractivity contribution in [3.05, 3.63) is 64.9 Å². The summed E-state index contributed by atoms with van der Waals surface area (Å²) in [6.07, 6.45) is 5.57. The third-order valence-corrected chi connectivity index (χ3v) is 7.72. The Morgan fingerprint density at radius 2 is 2.05 bits per heavy atom. The molecule has 3 aromatic heterocycles. The number of hydrogen-bond acceptors (Lipinski definition) is 9. The summed E-state index contributed by atoms with van der Waals surface area (Å²) in [7, 11) is 0. The number of hydrogen-bond donors (Lipinski definition) is 2. The number of benzene rings is 1. The molecule has 2 fully saturated rings. The van der Waals surface area contributed by atoms with Crippen molar-refractivity contribution in [1.29, 1.82) is 0 Å². The summed E-state index contributed by atoms with van der Waals surface area (Å²) in [5, 5.41) is 7.98. The molecule has 4 aromatic rings. The fourth-order valence-corrected chi connectivity index (χ4v) is 5.59. The normalized spacial score (nSPS) is 18.5. The van der Waals surface area contributed by atoms with Gasteiger partial charge in [0.15, 0.2) is 0 Å². The fourth-order valence-electron chi connectivity index (χ4n) is 4.51. The van der Waals surface area contributed by atoms with Gasteiger partial charge in [0.2, 0.25) is 5.88 Å². The number of ether oxygens (including phenoxy) is 2. The molecule has 11 heteroatoms. The molecule has 1 amide bonds. The molecule has 39 heavy (non-hydrogen) atoms. The highest BCUT2D eigenvalue weighted by Gasteiger charge is 2.28. The van der Waals surface area contributed by atoms with Gasteiger partial charge in [0.05, 0.1) is 21.3 Å². The molecule has 2 unspecified atom stereocenters. The van der Waals surface area contributed by atoms with E-state index in [1.165, 1.54) is 17.7 Å². The van der Waals surface area contributed by atoms with Crippen LogP contribution in [0.2, 0.25) is 5.02 Å². The number of carbonyl (C=O) groups excluding carboxylic acids is 1. The molecule has 198 valence electrons. The molecule has 2 aliphatic rings. The van der Waals surface area contributed by atoms with Crippen LogP contribution in [-0.2, 0) is 4.74 Å². The molecule has 2 saturated heterocycles. The number of fused-ring (bicyclic) bond motifs is 1. The van der Waals surface area contributed by atoms with Crippen molar-refractivity contribution in [3.63, 3.8) is 0 Å². The third kappa shape index (κ3) is 6.06. The van der Waals surface area contributed by atoms with E-state index in [1.807, 2.05) is 24.3 Å². The summed E-state index contributed by atoms with van der Waals surface area (Å²) < 4.78 is 11.4. The molecule has 2 aliphatic heterocycles. The monoisotopic (exact) mass is 560 g/mol. The lowest BCUT2D eigenvalue weighted by Crippen LogP contribution is -2.32. The highest BCUT2D eigenvalue weighted by molar-refractivity contribution is 7.19. The van der Waals surface area contributed by atoms with Crippen LogP contribution < -0.4 is 15.4 Å². The minimum absolute atomic E-state index is 0.0377. The fraction of sp³-hybridized carbons (Fsp3) is 0.286. The molecule has 5 heterocycles. The van der Waals surface area contributed by atoms with Crippen LogP contribution in [-0.4, -0.2) is 57.7 Å². The van der Waals surface area contributed by atoms with Gasteiger partial charge in [0.1, 0.15) is 28.8 Å². The van der Waals surface area contributed by atoms with E-state index in [9.17, 15) is 4.79 Å². The number of anilines is 2. The number of rotatable bonds is 5. The lowest BCUT2D eigenvalue weighted by molar-refractivity contribution is 0.0763. The minimum Gasteiger partial charge on any atom is -0.445 e. The van der Waals surface area contributed by atoms with Crippen LogP contribution in [0.1, 0.15) is 24.1 Å². The van der Waals surface area contributed by atoms with Crippen molar-refractivity contribution in [2.75, 3.05) is 25.0 Å². The van der Waals surface area contributed by atoms with Crippen molar-refractivity contribution in [3.8, 4) is 23.5 Å². The van der Waals surface area contributed by atoms with Gasteiger partial charge in [-0.1, -0.05) is 29.5 Å². The van der Waals surface area contributed by atoms with Crippen molar-refractivity contribution in [2.45, 2.75) is 31.4 Å². The van der Waals surface area contributed by atoms with Gasteiger partial charge in [-0.15, -0.1) is 11.3 Å². The second-order valence-corrected chi connectivity index (χ2v) is 10.7. The lowest BCUT2D eigenvalue weighted by atomic mass is 10.2. The average molecular weight is 561 g/mol. The number of nitrogens with zero attached hydrogens (tertiary/aromatic N) is 4. The molecule has 0 aliphatic carbocycles. The van der Waals surface area contributed by atoms with Crippen LogP contribution in [0, 0.1) is 11.8 Å². The zero-order valence-corrected chi connectivity index (χ0v) is 22.5. The van der Waals surface area contributed by atoms with E-state index in [4.69, 9.17) is 21.1 Å². The Morgan fingerprint density at radius 3 is 2.87 bits per heavy atom. The van der Waals surface area contributed by atoms with E-state index in [0.717, 1.165) is 46.7 Å². The maximum atomic E-state index is 12.3. The SMILES string of the molecule is O=C(OC1CNC(C#Cc2cc3c(Nc4ccc(Oc5ccccn5)c(Cl)c4)ncnc3s2)C1)N1CCCC1. The summed E-state index contributed by atoms with van der Waals surface area (Å²) in [5.74, 6) is 8.16. The van der Waals surface area contributed by atoms with E-state index < -0.39 is 0 Å². The van der Waals surface area contributed by atoms with Crippen LogP contribution in [0.25, 0.3) is 10.2 Å². The molecule has 2 N–H and O–H groups in total. The number of halogens is 1. The zero-order valence-electron chi connectivity index (χ0n) is 20.9. The van der Waals surface area contributed by atoms with Crippen molar-refractivity contribution < 1.29 is 14.3 Å². The van der Waals surface area contributed by atoms with Gasteiger partial charge in [-0.3, -0.25) is 5.32 Å². The standard InChI is InChI=1S/C28H25ClN6O3S/c29-23-14-19(7-9-24(23)38-25-5-1-2-10-30-25)34-26-22-15-21(39-27(22)33-17-32-26)8-6-18-13-20(16-31-18)37-28(36)35-11-3-4-12-35/h1-2,5,7,9-10,14-15,17-18,20,31H,3-4,11-13,16H2,(H,32,33,34). The molecule has 1 aromatic carbocycles. The molecule has 0 radical (unpaired) electrons. The third-order valence-electron chi connectivity index (χ3n) is 6.47. The summed E-state index contributed by atoms with van der Waals surface area (Å²) in [4.78, 5) is 28.8. The van der Waals surface area contributed by atoms with Gasteiger partial charge < -0.3 is 19.7 Å². The molecule has 0 spiro atoms. The van der Waals surface area contributed by atoms with E-state index in [2.05, 4.69) is 37.4 Å². The number of thiophene rings is 1. The van der Waals surface area contributed by atoms with Crippen molar-refractivity contribution in [1.82, 2.24) is 25.2 Å². The number of amides is 1. The number of likely N-dealkylation sites (tertiary alicyclic amines) is 1. The smallest absolute Gasteiger partial charge is 0.410 e. The number of nitrogens with one attached hydrogen (secondary N) is 2. The quantitative estimate of drug-likeness (QED) is 0.305. The van der Waals surface area contributed by atoms with Crippen LogP contribution in [0.3, 0.4) is 0 Å². The molecule has 9 nitrogen and oxygen atoms in total. The first kappa shape index (κ1) is 25.4. The Balaban J connectivity index is 1.11. The molecule has 0 saturated carbocycles. The zero-order chi connectivity index (χ0) is 26.6. The summed E-state index contributed by atoms with van der Waals surface area (Å²) in [6.45, 7) is 2.18. The Kier molecular flexibility index (Phi) is 7.45. The first-order chi connectivity index (χ1) is 19.1. The molecular weight excluding hydrogens is 536 g/mol. The molecular formula is C28H25ClN6O3S. The Morgan fingerprint density at radius 1 is 1.15 bits per heavy atom. The predicted molar refractivity (Wildman–Crippen MR) is 151 cm³/mol. The Hall–Kier alpha value is -3.91. The van der Waals surface area contributed by atoms with Crippen LogP contribution in [0.4, 0.5) is 16.3 Å². The number of aromatic nitrogens is 3. The highest BCUT2D eigenvalue weighted by Crippen LogP contribution is 2.34.